The molecule has 20 heavy (non-hydrogen) atoms. The molecule has 1 atom stereocenters. The molecule has 2 N–H and O–H groups in total. The fraction of sp³-hybridized carbons (Fsp3) is 0.312. The third-order valence-electron chi connectivity index (χ3n) is 3.32. The Balaban J connectivity index is 1.96. The number of amides is 1. The van der Waals surface area contributed by atoms with Crippen LogP contribution in [0, 0.1) is 0 Å². The van der Waals surface area contributed by atoms with Crippen LogP contribution in [0.15, 0.2) is 47.8 Å². The van der Waals surface area contributed by atoms with Crippen molar-refractivity contribution in [3.8, 4) is 0 Å². The average Bonchev–Trinajstić information content (AvgIpc) is 3.02. The van der Waals surface area contributed by atoms with E-state index in [2.05, 4.69) is 12.1 Å². The lowest BCUT2D eigenvalue weighted by Crippen LogP contribution is -2.39. The van der Waals surface area contributed by atoms with Gasteiger partial charge in [-0.2, -0.15) is 0 Å². The number of hydrogen-bond acceptors (Lipinski definition) is 3. The van der Waals surface area contributed by atoms with Crippen molar-refractivity contribution in [2.24, 2.45) is 5.73 Å². The van der Waals surface area contributed by atoms with Crippen LogP contribution >= 0.6 is 11.3 Å². The standard InChI is InChI=1S/C16H20N2OS/c1-2-18(11-10-13-7-4-3-5-8-13)16(19)15(17)14-9-6-12-20-14/h3-9,12,15H,2,10-11,17H2,1H3. The molecule has 3 nitrogen and oxygen atoms in total. The molecule has 1 aromatic carbocycles. The van der Waals surface area contributed by atoms with Crippen LogP contribution in [0.25, 0.3) is 0 Å². The molecule has 1 amide bonds. The third-order valence-corrected chi connectivity index (χ3v) is 4.28. The van der Waals surface area contributed by atoms with Crippen LogP contribution in [-0.4, -0.2) is 23.9 Å². The second kappa shape index (κ2) is 7.22. The number of nitrogens with two attached hydrogens (primary N) is 1. The first-order chi connectivity index (χ1) is 9.72. The second-order valence-electron chi connectivity index (χ2n) is 4.65. The Morgan fingerprint density at radius 3 is 2.60 bits per heavy atom. The molecule has 0 fully saturated rings. The molecule has 2 rings (SSSR count). The Hall–Kier alpha value is -1.65. The van der Waals surface area contributed by atoms with Gasteiger partial charge in [-0.1, -0.05) is 36.4 Å². The molecule has 0 bridgehead atoms. The summed E-state index contributed by atoms with van der Waals surface area (Å²) >= 11 is 1.53. The number of benzene rings is 1. The van der Waals surface area contributed by atoms with Crippen LogP contribution in [0.4, 0.5) is 0 Å². The van der Waals surface area contributed by atoms with Crippen molar-refractivity contribution in [1.29, 1.82) is 0 Å². The van der Waals surface area contributed by atoms with Crippen LogP contribution in [0.3, 0.4) is 0 Å². The first-order valence-corrected chi connectivity index (χ1v) is 7.72. The zero-order chi connectivity index (χ0) is 14.4. The summed E-state index contributed by atoms with van der Waals surface area (Å²) in [7, 11) is 0. The fourth-order valence-electron chi connectivity index (χ4n) is 2.12. The minimum Gasteiger partial charge on any atom is -0.341 e. The third kappa shape index (κ3) is 3.68. The largest absolute Gasteiger partial charge is 0.341 e. The minimum atomic E-state index is -0.536. The van der Waals surface area contributed by atoms with Crippen LogP contribution in [-0.2, 0) is 11.2 Å². The summed E-state index contributed by atoms with van der Waals surface area (Å²) in [5.41, 5.74) is 7.29. The SMILES string of the molecule is CCN(CCc1ccccc1)C(=O)C(N)c1cccs1. The summed E-state index contributed by atoms with van der Waals surface area (Å²) in [5.74, 6) is 0.00545. The van der Waals surface area contributed by atoms with Crippen LogP contribution in [0.1, 0.15) is 23.4 Å². The van der Waals surface area contributed by atoms with E-state index in [0.29, 0.717) is 13.1 Å². The molecular weight excluding hydrogens is 268 g/mol. The smallest absolute Gasteiger partial charge is 0.244 e. The summed E-state index contributed by atoms with van der Waals surface area (Å²) in [4.78, 5) is 15.2. The molecule has 1 aromatic heterocycles. The number of nitrogens with zero attached hydrogens (tertiary/aromatic N) is 1. The summed E-state index contributed by atoms with van der Waals surface area (Å²) in [6.45, 7) is 3.38. The van der Waals surface area contributed by atoms with E-state index in [1.807, 2.05) is 47.5 Å². The molecule has 0 saturated carbocycles. The van der Waals surface area contributed by atoms with Crippen molar-refractivity contribution in [2.75, 3.05) is 13.1 Å². The maximum atomic E-state index is 12.4. The Morgan fingerprint density at radius 2 is 2.00 bits per heavy atom. The predicted molar refractivity (Wildman–Crippen MR) is 83.6 cm³/mol. The van der Waals surface area contributed by atoms with E-state index in [0.717, 1.165) is 11.3 Å². The molecule has 0 radical (unpaired) electrons. The normalized spacial score (nSPS) is 12.1. The van der Waals surface area contributed by atoms with E-state index in [1.54, 1.807) is 0 Å². The van der Waals surface area contributed by atoms with Gasteiger partial charge in [-0.25, -0.2) is 0 Å². The summed E-state index contributed by atoms with van der Waals surface area (Å²) in [5, 5.41) is 1.95. The molecule has 0 aliphatic heterocycles. The molecule has 2 aromatic rings. The maximum Gasteiger partial charge on any atom is 0.244 e. The van der Waals surface area contributed by atoms with E-state index < -0.39 is 6.04 Å². The lowest BCUT2D eigenvalue weighted by molar-refractivity contribution is -0.132. The van der Waals surface area contributed by atoms with Gasteiger partial charge in [-0.05, 0) is 30.4 Å². The van der Waals surface area contributed by atoms with E-state index in [9.17, 15) is 4.79 Å². The Kier molecular flexibility index (Phi) is 5.32. The van der Waals surface area contributed by atoms with Crippen molar-refractivity contribution in [3.63, 3.8) is 0 Å². The first kappa shape index (κ1) is 14.8. The Bertz CT molecular complexity index is 525. The highest BCUT2D eigenvalue weighted by Crippen LogP contribution is 2.19. The van der Waals surface area contributed by atoms with E-state index in [-0.39, 0.29) is 5.91 Å². The first-order valence-electron chi connectivity index (χ1n) is 6.84. The zero-order valence-corrected chi connectivity index (χ0v) is 12.5. The number of carbonyl (C=O) groups excluding carboxylic acids is 1. The molecule has 0 spiro atoms. The minimum absolute atomic E-state index is 0.00545. The van der Waals surface area contributed by atoms with Gasteiger partial charge in [-0.3, -0.25) is 4.79 Å². The van der Waals surface area contributed by atoms with Crippen molar-refractivity contribution < 1.29 is 4.79 Å². The lowest BCUT2D eigenvalue weighted by Gasteiger charge is -2.24. The van der Waals surface area contributed by atoms with E-state index in [1.165, 1.54) is 16.9 Å². The molecule has 0 aliphatic carbocycles. The monoisotopic (exact) mass is 288 g/mol. The number of rotatable bonds is 6. The van der Waals surface area contributed by atoms with Gasteiger partial charge in [0.05, 0.1) is 0 Å². The second-order valence-corrected chi connectivity index (χ2v) is 5.63. The number of carbonyl (C=O) groups is 1. The highest BCUT2D eigenvalue weighted by Gasteiger charge is 2.21. The zero-order valence-electron chi connectivity index (χ0n) is 11.7. The fourth-order valence-corrected chi connectivity index (χ4v) is 2.84. The van der Waals surface area contributed by atoms with Crippen molar-refractivity contribution in [1.82, 2.24) is 4.90 Å². The molecular formula is C16H20N2OS. The Labute approximate surface area is 124 Å². The number of thiophene rings is 1. The molecule has 1 unspecified atom stereocenters. The van der Waals surface area contributed by atoms with E-state index in [4.69, 9.17) is 5.73 Å². The van der Waals surface area contributed by atoms with Gasteiger partial charge in [0.1, 0.15) is 6.04 Å². The Morgan fingerprint density at radius 1 is 1.25 bits per heavy atom. The van der Waals surface area contributed by atoms with Gasteiger partial charge in [0, 0.05) is 18.0 Å². The molecule has 4 heteroatoms. The highest BCUT2D eigenvalue weighted by atomic mass is 32.1. The van der Waals surface area contributed by atoms with Gasteiger partial charge < -0.3 is 10.6 Å². The van der Waals surface area contributed by atoms with Gasteiger partial charge in [0.2, 0.25) is 5.91 Å². The van der Waals surface area contributed by atoms with E-state index >= 15 is 0 Å². The summed E-state index contributed by atoms with van der Waals surface area (Å²) < 4.78 is 0. The highest BCUT2D eigenvalue weighted by molar-refractivity contribution is 7.10. The van der Waals surface area contributed by atoms with Crippen LogP contribution in [0.5, 0.6) is 0 Å². The summed E-state index contributed by atoms with van der Waals surface area (Å²) in [6, 6.07) is 13.5. The quantitative estimate of drug-likeness (QED) is 0.888. The van der Waals surface area contributed by atoms with Gasteiger partial charge in [-0.15, -0.1) is 11.3 Å². The van der Waals surface area contributed by atoms with Gasteiger partial charge >= 0.3 is 0 Å². The average molecular weight is 288 g/mol. The predicted octanol–water partition coefficient (Wildman–Crippen LogP) is 2.84. The van der Waals surface area contributed by atoms with Crippen LogP contribution < -0.4 is 5.73 Å². The van der Waals surface area contributed by atoms with Crippen molar-refractivity contribution in [2.45, 2.75) is 19.4 Å². The number of likely N-dealkylation sites (N-methyl/N-ethyl adjacent to an activating group) is 1. The maximum absolute atomic E-state index is 12.4. The summed E-state index contributed by atoms with van der Waals surface area (Å²) in [6.07, 6.45) is 0.859. The molecule has 106 valence electrons. The van der Waals surface area contributed by atoms with Crippen molar-refractivity contribution in [3.05, 3.63) is 58.3 Å². The number of hydrogen-bond donors (Lipinski definition) is 1. The lowest BCUT2D eigenvalue weighted by atomic mass is 10.1. The molecule has 0 aliphatic rings. The van der Waals surface area contributed by atoms with Gasteiger partial charge in [0.25, 0.3) is 0 Å². The topological polar surface area (TPSA) is 46.3 Å². The van der Waals surface area contributed by atoms with Gasteiger partial charge in [0.15, 0.2) is 0 Å². The van der Waals surface area contributed by atoms with Crippen molar-refractivity contribution >= 4 is 17.2 Å². The molecule has 0 saturated heterocycles. The molecule has 1 heterocycles. The van der Waals surface area contributed by atoms with Crippen LogP contribution in [0.2, 0.25) is 0 Å².